The second-order valence-corrected chi connectivity index (χ2v) is 5.19. The first kappa shape index (κ1) is 15.3. The van der Waals surface area contributed by atoms with E-state index in [0.29, 0.717) is 19.4 Å². The van der Waals surface area contributed by atoms with Gasteiger partial charge in [0, 0.05) is 0 Å². The summed E-state index contributed by atoms with van der Waals surface area (Å²) in [7, 11) is 0. The molecule has 3 N–H and O–H groups in total. The maximum absolute atomic E-state index is 12.3. The molecule has 1 aromatic rings. The molecular weight excluding hydrogens is 276 g/mol. The van der Waals surface area contributed by atoms with Crippen LogP contribution in [0.4, 0.5) is 5.95 Å². The molecule has 0 aliphatic heterocycles. The summed E-state index contributed by atoms with van der Waals surface area (Å²) in [5, 5.41) is 18.2. The molecule has 0 bridgehead atoms. The molecule has 3 unspecified atom stereocenters. The van der Waals surface area contributed by atoms with Gasteiger partial charge < -0.3 is 9.84 Å². The number of rotatable bonds is 6. The summed E-state index contributed by atoms with van der Waals surface area (Å²) in [6.07, 6.45) is 2.01. The highest BCUT2D eigenvalue weighted by atomic mass is 16.5. The van der Waals surface area contributed by atoms with E-state index >= 15 is 0 Å². The summed E-state index contributed by atoms with van der Waals surface area (Å²) in [6, 6.07) is 0.153. The van der Waals surface area contributed by atoms with Gasteiger partial charge >= 0.3 is 12.0 Å². The van der Waals surface area contributed by atoms with Gasteiger partial charge in [-0.1, -0.05) is 13.3 Å². The summed E-state index contributed by atoms with van der Waals surface area (Å²) in [6.45, 7) is 4.23. The number of anilines is 1. The van der Waals surface area contributed by atoms with Crippen LogP contribution < -0.4 is 10.1 Å². The largest absolute Gasteiger partial charge is 0.481 e. The number of carbonyl (C=O) groups is 2. The molecule has 3 atom stereocenters. The third-order valence-electron chi connectivity index (χ3n) is 3.87. The molecule has 21 heavy (non-hydrogen) atoms. The van der Waals surface area contributed by atoms with E-state index in [-0.39, 0.29) is 23.8 Å². The zero-order valence-corrected chi connectivity index (χ0v) is 12.1. The maximum Gasteiger partial charge on any atom is 0.337 e. The van der Waals surface area contributed by atoms with Crippen molar-refractivity contribution in [1.29, 1.82) is 0 Å². The number of amides is 1. The topological polar surface area (TPSA) is 117 Å². The van der Waals surface area contributed by atoms with E-state index in [9.17, 15) is 14.7 Å². The predicted molar refractivity (Wildman–Crippen MR) is 73.8 cm³/mol. The molecule has 1 amide bonds. The van der Waals surface area contributed by atoms with Crippen molar-refractivity contribution in [3.63, 3.8) is 0 Å². The molecule has 1 aliphatic rings. The second kappa shape index (κ2) is 6.55. The van der Waals surface area contributed by atoms with Crippen molar-refractivity contribution < 1.29 is 19.4 Å². The van der Waals surface area contributed by atoms with Gasteiger partial charge in [-0.2, -0.15) is 4.98 Å². The zero-order valence-electron chi connectivity index (χ0n) is 12.1. The van der Waals surface area contributed by atoms with E-state index in [1.807, 2.05) is 6.92 Å². The number of nitrogens with zero attached hydrogens (tertiary/aromatic N) is 2. The van der Waals surface area contributed by atoms with Crippen molar-refractivity contribution >= 4 is 17.8 Å². The van der Waals surface area contributed by atoms with E-state index in [0.717, 1.165) is 6.42 Å². The molecule has 0 radical (unpaired) electrons. The minimum Gasteiger partial charge on any atom is -0.481 e. The molecule has 8 nitrogen and oxygen atoms in total. The molecule has 116 valence electrons. The van der Waals surface area contributed by atoms with Gasteiger partial charge in [0.05, 0.1) is 18.4 Å². The monoisotopic (exact) mass is 296 g/mol. The van der Waals surface area contributed by atoms with E-state index < -0.39 is 17.8 Å². The van der Waals surface area contributed by atoms with Gasteiger partial charge in [0.2, 0.25) is 11.9 Å². The molecule has 1 aromatic heterocycles. The van der Waals surface area contributed by atoms with Crippen LogP contribution in [-0.2, 0) is 9.59 Å². The Morgan fingerprint density at radius 1 is 1.38 bits per heavy atom. The maximum atomic E-state index is 12.3. The smallest absolute Gasteiger partial charge is 0.337 e. The van der Waals surface area contributed by atoms with Gasteiger partial charge in [0.15, 0.2) is 0 Å². The Hall–Kier alpha value is -2.12. The average Bonchev–Trinajstić information content (AvgIpc) is 3.05. The van der Waals surface area contributed by atoms with Crippen molar-refractivity contribution in [3.8, 4) is 6.01 Å². The predicted octanol–water partition coefficient (Wildman–Crippen LogP) is 1.28. The number of nitrogens with one attached hydrogen (secondary N) is 2. The first-order chi connectivity index (χ1) is 10.0. The quantitative estimate of drug-likeness (QED) is 0.728. The minimum absolute atomic E-state index is 0.153. The van der Waals surface area contributed by atoms with Crippen LogP contribution >= 0.6 is 0 Å². The Morgan fingerprint density at radius 3 is 2.71 bits per heavy atom. The molecule has 1 fully saturated rings. The summed E-state index contributed by atoms with van der Waals surface area (Å²) in [5.41, 5.74) is 0. The van der Waals surface area contributed by atoms with Gasteiger partial charge in [-0.15, -0.1) is 5.10 Å². The Labute approximate surface area is 122 Å². The fourth-order valence-corrected chi connectivity index (χ4v) is 2.74. The third-order valence-corrected chi connectivity index (χ3v) is 3.87. The first-order valence-corrected chi connectivity index (χ1v) is 7.14. The molecule has 8 heteroatoms. The number of carboxylic acid groups (broad SMARTS) is 1. The van der Waals surface area contributed by atoms with Crippen molar-refractivity contribution in [2.24, 2.45) is 17.8 Å². The normalized spacial score (nSPS) is 24.8. The van der Waals surface area contributed by atoms with Crippen LogP contribution in [0.25, 0.3) is 0 Å². The first-order valence-electron chi connectivity index (χ1n) is 7.14. The molecule has 1 heterocycles. The van der Waals surface area contributed by atoms with Crippen LogP contribution in [0, 0.1) is 17.8 Å². The van der Waals surface area contributed by atoms with Gasteiger partial charge in [-0.3, -0.25) is 14.9 Å². The molecule has 2 rings (SSSR count). The summed E-state index contributed by atoms with van der Waals surface area (Å²) in [4.78, 5) is 27.5. The number of ether oxygens (including phenoxy) is 1. The molecule has 1 aliphatic carbocycles. The lowest BCUT2D eigenvalue weighted by atomic mass is 9.95. The van der Waals surface area contributed by atoms with Crippen LogP contribution in [0.5, 0.6) is 6.01 Å². The number of H-pyrrole nitrogens is 1. The Bertz CT molecular complexity index is 516. The van der Waals surface area contributed by atoms with Crippen LogP contribution in [0.2, 0.25) is 0 Å². The fraction of sp³-hybridized carbons (Fsp3) is 0.692. The number of aliphatic carboxylic acids is 1. The number of aromatic nitrogens is 3. The Kier molecular flexibility index (Phi) is 4.77. The number of hydrogen-bond acceptors (Lipinski definition) is 5. The zero-order chi connectivity index (χ0) is 15.4. The standard InChI is InChI=1S/C13H20N4O4/c1-3-7-5-8(9(6-7)11(19)20)10(18)14-12-15-13(17-16-12)21-4-2/h7-9H,3-6H2,1-2H3,(H,19,20)(H2,14,15,16,17,18). The number of carboxylic acids is 1. The van der Waals surface area contributed by atoms with Crippen molar-refractivity contribution in [2.45, 2.75) is 33.1 Å². The highest BCUT2D eigenvalue weighted by Crippen LogP contribution is 2.38. The van der Waals surface area contributed by atoms with E-state index in [2.05, 4.69) is 20.5 Å². The molecule has 1 saturated carbocycles. The molecule has 0 aromatic carbocycles. The minimum atomic E-state index is -0.918. The number of aromatic amines is 1. The average molecular weight is 296 g/mol. The van der Waals surface area contributed by atoms with Gasteiger partial charge in [0.1, 0.15) is 0 Å². The highest BCUT2D eigenvalue weighted by molar-refractivity contribution is 5.94. The van der Waals surface area contributed by atoms with Crippen LogP contribution in [0.1, 0.15) is 33.1 Å². The molecule has 0 saturated heterocycles. The lowest BCUT2D eigenvalue weighted by Crippen LogP contribution is -2.30. The lowest BCUT2D eigenvalue weighted by molar-refractivity contribution is -0.145. The second-order valence-electron chi connectivity index (χ2n) is 5.19. The highest BCUT2D eigenvalue weighted by Gasteiger charge is 2.42. The summed E-state index contributed by atoms with van der Waals surface area (Å²) >= 11 is 0. The van der Waals surface area contributed by atoms with Crippen LogP contribution in [-0.4, -0.2) is 38.8 Å². The van der Waals surface area contributed by atoms with Gasteiger partial charge in [0.25, 0.3) is 0 Å². The van der Waals surface area contributed by atoms with E-state index in [1.54, 1.807) is 6.92 Å². The number of hydrogen-bond donors (Lipinski definition) is 3. The fourth-order valence-electron chi connectivity index (χ4n) is 2.74. The Balaban J connectivity index is 2.02. The third kappa shape index (κ3) is 3.50. The van der Waals surface area contributed by atoms with E-state index in [1.165, 1.54) is 0 Å². The van der Waals surface area contributed by atoms with Crippen LogP contribution in [0.15, 0.2) is 0 Å². The molecule has 0 spiro atoms. The van der Waals surface area contributed by atoms with Crippen LogP contribution in [0.3, 0.4) is 0 Å². The SMILES string of the molecule is CCOc1n[nH]c(NC(=O)C2CC(CC)CC2C(=O)O)n1. The van der Waals surface area contributed by atoms with Gasteiger partial charge in [-0.05, 0) is 25.7 Å². The molecular formula is C13H20N4O4. The number of carbonyl (C=O) groups excluding carboxylic acids is 1. The summed E-state index contributed by atoms with van der Waals surface area (Å²) in [5.74, 6) is -1.98. The van der Waals surface area contributed by atoms with Crippen molar-refractivity contribution in [3.05, 3.63) is 0 Å². The Morgan fingerprint density at radius 2 is 2.10 bits per heavy atom. The van der Waals surface area contributed by atoms with Gasteiger partial charge in [-0.25, -0.2) is 5.10 Å². The van der Waals surface area contributed by atoms with Crippen molar-refractivity contribution in [1.82, 2.24) is 15.2 Å². The van der Waals surface area contributed by atoms with Crippen molar-refractivity contribution in [2.75, 3.05) is 11.9 Å². The summed E-state index contributed by atoms with van der Waals surface area (Å²) < 4.78 is 5.09. The van der Waals surface area contributed by atoms with E-state index in [4.69, 9.17) is 4.74 Å². The lowest BCUT2D eigenvalue weighted by Gasteiger charge is -2.13.